The van der Waals surface area contributed by atoms with E-state index in [2.05, 4.69) is 27.5 Å². The Balaban J connectivity index is 0.00000144. The summed E-state index contributed by atoms with van der Waals surface area (Å²) in [6, 6.07) is 2.11. The quantitative estimate of drug-likeness (QED) is 0.880. The van der Waals surface area contributed by atoms with Crippen LogP contribution in [0.5, 0.6) is 0 Å². The van der Waals surface area contributed by atoms with Crippen LogP contribution in [0.3, 0.4) is 0 Å². The van der Waals surface area contributed by atoms with Crippen LogP contribution < -0.4 is 10.6 Å². The monoisotopic (exact) mass is 274 g/mol. The lowest BCUT2D eigenvalue weighted by Gasteiger charge is -2.21. The maximum absolute atomic E-state index is 11.8. The maximum Gasteiger partial charge on any atom is 0.223 e. The highest BCUT2D eigenvalue weighted by Gasteiger charge is 2.19. The molecule has 0 unspecified atom stereocenters. The Morgan fingerprint density at radius 3 is 2.88 bits per heavy atom. The van der Waals surface area contributed by atoms with Gasteiger partial charge in [-0.3, -0.25) is 4.79 Å². The molecule has 0 aliphatic carbocycles. The van der Waals surface area contributed by atoms with Gasteiger partial charge in [-0.1, -0.05) is 0 Å². The Hall–Kier alpha value is -0.580. The van der Waals surface area contributed by atoms with E-state index in [0.29, 0.717) is 0 Å². The molecule has 1 aliphatic rings. The Labute approximate surface area is 112 Å². The van der Waals surface area contributed by atoms with E-state index in [1.54, 1.807) is 11.3 Å². The number of nitrogens with one attached hydrogen (secondary N) is 2. The predicted octanol–water partition coefficient (Wildman–Crippen LogP) is 1.83. The maximum atomic E-state index is 11.8. The van der Waals surface area contributed by atoms with Gasteiger partial charge in [-0.25, -0.2) is 0 Å². The van der Waals surface area contributed by atoms with Gasteiger partial charge < -0.3 is 10.6 Å². The van der Waals surface area contributed by atoms with E-state index in [1.807, 2.05) is 0 Å². The van der Waals surface area contributed by atoms with Crippen LogP contribution in [-0.2, 0) is 11.2 Å². The van der Waals surface area contributed by atoms with E-state index in [1.165, 1.54) is 5.56 Å². The lowest BCUT2D eigenvalue weighted by Crippen LogP contribution is -2.38. The molecule has 2 rings (SSSR count). The number of hydrogen-bond acceptors (Lipinski definition) is 3. The zero-order valence-electron chi connectivity index (χ0n) is 9.78. The first-order valence-electron chi connectivity index (χ1n) is 5.86. The Morgan fingerprint density at radius 1 is 1.47 bits per heavy atom. The van der Waals surface area contributed by atoms with Crippen molar-refractivity contribution in [3.05, 3.63) is 22.4 Å². The minimum Gasteiger partial charge on any atom is -0.356 e. The summed E-state index contributed by atoms with van der Waals surface area (Å²) in [5, 5.41) is 10.5. The van der Waals surface area contributed by atoms with Crippen LogP contribution in [0.1, 0.15) is 18.4 Å². The zero-order valence-corrected chi connectivity index (χ0v) is 11.4. The molecule has 1 aliphatic heterocycles. The first-order valence-corrected chi connectivity index (χ1v) is 6.80. The highest BCUT2D eigenvalue weighted by molar-refractivity contribution is 7.07. The topological polar surface area (TPSA) is 41.1 Å². The second-order valence-electron chi connectivity index (χ2n) is 4.20. The van der Waals surface area contributed by atoms with Gasteiger partial charge in [0.15, 0.2) is 0 Å². The van der Waals surface area contributed by atoms with Crippen LogP contribution in [0.25, 0.3) is 0 Å². The molecule has 1 amide bonds. The van der Waals surface area contributed by atoms with Gasteiger partial charge >= 0.3 is 0 Å². The third-order valence-electron chi connectivity index (χ3n) is 3.00. The smallest absolute Gasteiger partial charge is 0.223 e. The molecule has 1 aromatic rings. The molecule has 1 aromatic heterocycles. The van der Waals surface area contributed by atoms with Crippen LogP contribution in [0.4, 0.5) is 0 Å². The number of hydrogen-bond donors (Lipinski definition) is 2. The van der Waals surface area contributed by atoms with Gasteiger partial charge in [-0.05, 0) is 54.7 Å². The molecule has 0 saturated carbocycles. The molecule has 0 radical (unpaired) electrons. The van der Waals surface area contributed by atoms with Crippen LogP contribution in [0.15, 0.2) is 16.8 Å². The van der Waals surface area contributed by atoms with Crippen molar-refractivity contribution in [3.8, 4) is 0 Å². The van der Waals surface area contributed by atoms with E-state index >= 15 is 0 Å². The van der Waals surface area contributed by atoms with Crippen molar-refractivity contribution in [2.45, 2.75) is 19.3 Å². The summed E-state index contributed by atoms with van der Waals surface area (Å²) in [5.41, 5.74) is 1.32. The normalized spacial score (nSPS) is 16.2. The van der Waals surface area contributed by atoms with Crippen molar-refractivity contribution in [1.82, 2.24) is 10.6 Å². The van der Waals surface area contributed by atoms with Crippen LogP contribution in [0, 0.1) is 5.92 Å². The Morgan fingerprint density at radius 2 is 2.24 bits per heavy atom. The number of rotatable bonds is 4. The van der Waals surface area contributed by atoms with Gasteiger partial charge in [0, 0.05) is 12.5 Å². The van der Waals surface area contributed by atoms with Crippen molar-refractivity contribution in [3.63, 3.8) is 0 Å². The highest BCUT2D eigenvalue weighted by atomic mass is 35.5. The number of piperidine rings is 1. The molecular weight excluding hydrogens is 256 g/mol. The average molecular weight is 275 g/mol. The minimum atomic E-state index is 0. The van der Waals surface area contributed by atoms with Crippen molar-refractivity contribution < 1.29 is 4.79 Å². The van der Waals surface area contributed by atoms with Gasteiger partial charge in [-0.2, -0.15) is 11.3 Å². The van der Waals surface area contributed by atoms with Gasteiger partial charge in [-0.15, -0.1) is 12.4 Å². The second-order valence-corrected chi connectivity index (χ2v) is 4.98. The van der Waals surface area contributed by atoms with Gasteiger partial charge in [0.25, 0.3) is 0 Å². The molecule has 5 heteroatoms. The Bertz CT molecular complexity index is 323. The molecule has 0 aromatic carbocycles. The SMILES string of the molecule is Cl.O=C(NCCc1ccsc1)C1CCNCC1. The van der Waals surface area contributed by atoms with Crippen LogP contribution >= 0.6 is 23.7 Å². The molecule has 2 N–H and O–H groups in total. The molecule has 1 fully saturated rings. The molecule has 0 spiro atoms. The van der Waals surface area contributed by atoms with E-state index in [9.17, 15) is 4.79 Å². The summed E-state index contributed by atoms with van der Waals surface area (Å²) in [6.07, 6.45) is 2.90. The average Bonchev–Trinajstić information content (AvgIpc) is 2.83. The standard InChI is InChI=1S/C12H18N2OS.ClH/c15-12(11-2-5-13-6-3-11)14-7-1-10-4-8-16-9-10;/h4,8-9,11,13H,1-3,5-7H2,(H,14,15);1H. The number of halogens is 1. The Kier molecular flexibility index (Phi) is 6.55. The summed E-state index contributed by atoms with van der Waals surface area (Å²) >= 11 is 1.71. The summed E-state index contributed by atoms with van der Waals surface area (Å²) in [5.74, 6) is 0.459. The predicted molar refractivity (Wildman–Crippen MR) is 73.9 cm³/mol. The molecule has 0 bridgehead atoms. The fraction of sp³-hybridized carbons (Fsp3) is 0.583. The van der Waals surface area contributed by atoms with E-state index in [4.69, 9.17) is 0 Å². The van der Waals surface area contributed by atoms with Crippen LogP contribution in [0.2, 0.25) is 0 Å². The van der Waals surface area contributed by atoms with Crippen LogP contribution in [-0.4, -0.2) is 25.5 Å². The lowest BCUT2D eigenvalue weighted by molar-refractivity contribution is -0.125. The lowest BCUT2D eigenvalue weighted by atomic mass is 9.97. The van der Waals surface area contributed by atoms with Crippen molar-refractivity contribution in [2.75, 3.05) is 19.6 Å². The molecule has 17 heavy (non-hydrogen) atoms. The van der Waals surface area contributed by atoms with E-state index in [0.717, 1.165) is 38.9 Å². The second kappa shape index (κ2) is 7.69. The molecular formula is C12H19ClN2OS. The molecule has 96 valence electrons. The largest absolute Gasteiger partial charge is 0.356 e. The van der Waals surface area contributed by atoms with Crippen molar-refractivity contribution in [2.24, 2.45) is 5.92 Å². The van der Waals surface area contributed by atoms with Crippen molar-refractivity contribution >= 4 is 29.7 Å². The third-order valence-corrected chi connectivity index (χ3v) is 3.73. The van der Waals surface area contributed by atoms with Gasteiger partial charge in [0.2, 0.25) is 5.91 Å². The third kappa shape index (κ3) is 4.66. The first kappa shape index (κ1) is 14.5. The summed E-state index contributed by atoms with van der Waals surface area (Å²) in [6.45, 7) is 2.71. The number of amides is 1. The summed E-state index contributed by atoms with van der Waals surface area (Å²) < 4.78 is 0. The molecule has 3 nitrogen and oxygen atoms in total. The number of carbonyl (C=O) groups is 1. The summed E-state index contributed by atoms with van der Waals surface area (Å²) in [7, 11) is 0. The minimum absolute atomic E-state index is 0. The van der Waals surface area contributed by atoms with Crippen molar-refractivity contribution in [1.29, 1.82) is 0 Å². The highest BCUT2D eigenvalue weighted by Crippen LogP contribution is 2.11. The number of thiophene rings is 1. The fourth-order valence-electron chi connectivity index (χ4n) is 1.99. The number of carbonyl (C=O) groups excluding carboxylic acids is 1. The van der Waals surface area contributed by atoms with E-state index in [-0.39, 0.29) is 24.2 Å². The van der Waals surface area contributed by atoms with Gasteiger partial charge in [0.05, 0.1) is 0 Å². The first-order chi connectivity index (χ1) is 7.86. The summed E-state index contributed by atoms with van der Waals surface area (Å²) in [4.78, 5) is 11.8. The fourth-order valence-corrected chi connectivity index (χ4v) is 2.70. The molecule has 0 atom stereocenters. The molecule has 2 heterocycles. The van der Waals surface area contributed by atoms with E-state index < -0.39 is 0 Å². The zero-order chi connectivity index (χ0) is 11.2. The van der Waals surface area contributed by atoms with Gasteiger partial charge in [0.1, 0.15) is 0 Å². The molecule has 1 saturated heterocycles.